The quantitative estimate of drug-likeness (QED) is 0.0271. The van der Waals surface area contributed by atoms with Crippen molar-refractivity contribution in [2.75, 3.05) is 26.4 Å². The number of carboxylic acid groups (broad SMARTS) is 1. The molecule has 3 heterocycles. The maximum absolute atomic E-state index is 12.8. The summed E-state index contributed by atoms with van der Waals surface area (Å²) < 4.78 is 33.8. The van der Waals surface area contributed by atoms with Crippen LogP contribution in [0.2, 0.25) is 0 Å². The Morgan fingerprint density at radius 3 is 1.95 bits per heavy atom. The van der Waals surface area contributed by atoms with E-state index in [1.54, 1.807) is 6.08 Å². The van der Waals surface area contributed by atoms with Gasteiger partial charge in [0.15, 0.2) is 12.6 Å². The number of nitrogens with one attached hydrogen (secondary N) is 1. The molecule has 0 bridgehead atoms. The van der Waals surface area contributed by atoms with Crippen molar-refractivity contribution in [3.05, 3.63) is 12.2 Å². The Bertz CT molecular complexity index is 1350. The molecule has 0 unspecified atom stereocenters. The van der Waals surface area contributed by atoms with Gasteiger partial charge in [0.25, 0.3) is 5.79 Å². The van der Waals surface area contributed by atoms with Gasteiger partial charge in [-0.3, -0.25) is 4.79 Å². The lowest BCUT2D eigenvalue weighted by atomic mass is 9.88. The highest BCUT2D eigenvalue weighted by molar-refractivity contribution is 5.76. The van der Waals surface area contributed by atoms with E-state index >= 15 is 0 Å². The summed E-state index contributed by atoms with van der Waals surface area (Å²) in [5, 5.41) is 129. The maximum atomic E-state index is 12.8. The van der Waals surface area contributed by atoms with Gasteiger partial charge in [0, 0.05) is 13.3 Å². The number of rotatable bonds is 28. The number of amides is 1. The van der Waals surface area contributed by atoms with Crippen molar-refractivity contribution in [1.82, 2.24) is 5.32 Å². The lowest BCUT2D eigenvalue weighted by molar-refractivity contribution is -0.386. The van der Waals surface area contributed by atoms with Gasteiger partial charge in [0.05, 0.1) is 50.7 Å². The van der Waals surface area contributed by atoms with E-state index in [2.05, 4.69) is 12.2 Å². The van der Waals surface area contributed by atoms with Crippen LogP contribution in [0.15, 0.2) is 12.2 Å². The van der Waals surface area contributed by atoms with Crippen LogP contribution >= 0.6 is 0 Å². The van der Waals surface area contributed by atoms with Gasteiger partial charge in [0.1, 0.15) is 67.1 Å². The van der Waals surface area contributed by atoms with Gasteiger partial charge in [-0.1, -0.05) is 83.3 Å². The zero-order valence-corrected chi connectivity index (χ0v) is 36.2. The van der Waals surface area contributed by atoms with E-state index in [-0.39, 0.29) is 6.61 Å². The molecule has 15 N–H and O–H groups in total. The van der Waals surface area contributed by atoms with Crippen LogP contribution in [-0.2, 0) is 38.0 Å². The molecular weight excluding hydrogens is 840 g/mol. The van der Waals surface area contributed by atoms with Gasteiger partial charge in [-0.15, -0.1) is 0 Å². The molecule has 368 valence electrons. The molecule has 0 saturated carbocycles. The monoisotopic (exact) mass is 914 g/mol. The van der Waals surface area contributed by atoms with Crippen LogP contribution < -0.4 is 11.1 Å². The number of carbonyl (C=O) groups is 2. The average molecular weight is 915 g/mol. The Labute approximate surface area is 367 Å². The van der Waals surface area contributed by atoms with Crippen molar-refractivity contribution in [2.24, 2.45) is 5.73 Å². The van der Waals surface area contributed by atoms with E-state index in [0.717, 1.165) is 32.6 Å². The molecule has 0 aliphatic carbocycles. The average Bonchev–Trinajstić information content (AvgIpc) is 3.25. The van der Waals surface area contributed by atoms with Crippen molar-refractivity contribution in [1.29, 1.82) is 0 Å². The third-order valence-corrected chi connectivity index (χ3v) is 11.6. The third-order valence-electron chi connectivity index (χ3n) is 11.6. The highest BCUT2D eigenvalue weighted by atomic mass is 16.8. The summed E-state index contributed by atoms with van der Waals surface area (Å²) in [6, 6.07) is -2.54. The van der Waals surface area contributed by atoms with Crippen LogP contribution in [0.1, 0.15) is 97.3 Å². The summed E-state index contributed by atoms with van der Waals surface area (Å²) in [6.07, 6.45) is -11.4. The number of hydrogen-bond donors (Lipinski definition) is 14. The van der Waals surface area contributed by atoms with Crippen LogP contribution in [0.5, 0.6) is 0 Å². The molecule has 0 spiro atoms. The largest absolute Gasteiger partial charge is 0.477 e. The number of carbonyl (C=O) groups excluding carboxylic acids is 1. The zero-order chi connectivity index (χ0) is 46.9. The van der Waals surface area contributed by atoms with E-state index < -0.39 is 148 Å². The van der Waals surface area contributed by atoms with Gasteiger partial charge < -0.3 is 101 Å². The molecule has 0 radical (unpaired) electrons. The number of nitrogens with two attached hydrogens (primary N) is 1. The molecule has 1 amide bonds. The maximum Gasteiger partial charge on any atom is 0.364 e. The fraction of sp³-hybridized carbons (Fsp3) is 0.902. The minimum Gasteiger partial charge on any atom is -0.477 e. The second-order valence-corrected chi connectivity index (χ2v) is 16.7. The normalized spacial score (nSPS) is 35.9. The number of aliphatic carboxylic acids is 1. The van der Waals surface area contributed by atoms with E-state index in [1.165, 1.54) is 51.4 Å². The number of aliphatic hydroxyl groups is 11. The Kier molecular flexibility index (Phi) is 24.2. The molecule has 3 aliphatic heterocycles. The number of carboxylic acids is 1. The van der Waals surface area contributed by atoms with E-state index in [1.807, 2.05) is 6.08 Å². The molecule has 22 nitrogen and oxygen atoms in total. The summed E-state index contributed by atoms with van der Waals surface area (Å²) in [4.78, 5) is 24.7. The second kappa shape index (κ2) is 27.6. The Balaban J connectivity index is 1.62. The topological polar surface area (TPSA) is 370 Å². The minimum absolute atomic E-state index is 0.355. The number of hydrogen-bond acceptors (Lipinski definition) is 20. The third kappa shape index (κ3) is 15.8. The first-order chi connectivity index (χ1) is 30.0. The Hall–Kier alpha value is -2.04. The molecule has 63 heavy (non-hydrogen) atoms. The van der Waals surface area contributed by atoms with E-state index in [4.69, 9.17) is 34.2 Å². The molecule has 0 aromatic carbocycles. The first kappa shape index (κ1) is 55.3. The minimum atomic E-state index is -3.05. The van der Waals surface area contributed by atoms with Gasteiger partial charge in [-0.2, -0.15) is 0 Å². The van der Waals surface area contributed by atoms with Crippen molar-refractivity contribution in [2.45, 2.75) is 207 Å². The zero-order valence-electron chi connectivity index (χ0n) is 36.2. The summed E-state index contributed by atoms with van der Waals surface area (Å²) in [6.45, 7) is -0.0151. The standard InChI is InChI=1S/C41H74N2O20/c1-3-4-5-6-7-8-9-10-11-12-13-14-15-16-24(48)23(42)21-58-38-33(54)32(53)35(28(20-46)60-38)61-39-34(55)37(31(52)27(19-45)59-39)63-41(40(56)57)17-25(49)29(43-22(2)47)36(62-41)30(51)26(50)18-44/h15-16,23-39,44-46,48-55H,3-14,17-21,42H2,1-2H3,(H,43,47)(H,56,57)/b16-15+/t23-,24+,25-,26+,27+,28+,29+,30+,31-,32+,33+,34+,35+,36-,37-,38+,39+,41-/m0/s1. The highest BCUT2D eigenvalue weighted by Crippen LogP contribution is 2.38. The first-order valence-corrected chi connectivity index (χ1v) is 22.1. The Morgan fingerprint density at radius 1 is 0.810 bits per heavy atom. The fourth-order valence-corrected chi connectivity index (χ4v) is 7.90. The lowest BCUT2D eigenvalue weighted by Gasteiger charge is -2.50. The van der Waals surface area contributed by atoms with E-state index in [9.17, 15) is 70.9 Å². The number of allylic oxidation sites excluding steroid dienone is 1. The molecule has 22 heteroatoms. The van der Waals surface area contributed by atoms with Gasteiger partial charge in [-0.25, -0.2) is 4.79 Å². The van der Waals surface area contributed by atoms with Crippen molar-refractivity contribution in [3.63, 3.8) is 0 Å². The second-order valence-electron chi connectivity index (χ2n) is 16.7. The van der Waals surface area contributed by atoms with Crippen molar-refractivity contribution < 1.29 is 99.3 Å². The van der Waals surface area contributed by atoms with Crippen molar-refractivity contribution in [3.8, 4) is 0 Å². The number of unbranched alkanes of at least 4 members (excludes halogenated alkanes) is 11. The van der Waals surface area contributed by atoms with Crippen LogP contribution in [0.4, 0.5) is 0 Å². The predicted octanol–water partition coefficient (Wildman–Crippen LogP) is -3.25. The highest BCUT2D eigenvalue weighted by Gasteiger charge is 2.60. The molecule has 3 aliphatic rings. The van der Waals surface area contributed by atoms with Gasteiger partial charge in [-0.05, 0) is 12.8 Å². The summed E-state index contributed by atoms with van der Waals surface area (Å²) in [7, 11) is 0. The predicted molar refractivity (Wildman–Crippen MR) is 218 cm³/mol. The van der Waals surface area contributed by atoms with Gasteiger partial charge >= 0.3 is 5.97 Å². The SMILES string of the molecule is CCCCCCCCCCCCC/C=C/[C@@H](O)[C@@H](N)CO[C@@H]1O[C@H](CO)[C@@H](O[C@H]2O[C@H](CO)[C@H](O)[C@H](O[C@]3(C(=O)O)C[C@H](O)[C@@H](NC(C)=O)[C@@H]([C@H](O)[C@H](O)CO)O3)[C@H]2O)[C@H](O)[C@H]1O. The van der Waals surface area contributed by atoms with Gasteiger partial charge in [0.2, 0.25) is 5.91 Å². The molecule has 3 rings (SSSR count). The lowest BCUT2D eigenvalue weighted by Crippen LogP contribution is -2.70. The first-order valence-electron chi connectivity index (χ1n) is 22.1. The van der Waals surface area contributed by atoms with Crippen LogP contribution in [0.25, 0.3) is 0 Å². The summed E-state index contributed by atoms with van der Waals surface area (Å²) >= 11 is 0. The Morgan fingerprint density at radius 2 is 1.40 bits per heavy atom. The molecule has 3 fully saturated rings. The molecule has 0 aromatic rings. The fourth-order valence-electron chi connectivity index (χ4n) is 7.90. The van der Waals surface area contributed by atoms with Crippen LogP contribution in [0.3, 0.4) is 0 Å². The summed E-state index contributed by atoms with van der Waals surface area (Å²) in [5.74, 6) is -5.78. The van der Waals surface area contributed by atoms with Crippen LogP contribution in [-0.4, -0.2) is 209 Å². The summed E-state index contributed by atoms with van der Waals surface area (Å²) in [5.41, 5.74) is 6.11. The smallest absolute Gasteiger partial charge is 0.364 e. The van der Waals surface area contributed by atoms with Crippen molar-refractivity contribution >= 4 is 11.9 Å². The number of aliphatic hydroxyl groups excluding tert-OH is 11. The molecule has 18 atom stereocenters. The number of ether oxygens (including phenoxy) is 6. The molecular formula is C41H74N2O20. The van der Waals surface area contributed by atoms with E-state index in [0.29, 0.717) is 0 Å². The molecule has 0 aromatic heterocycles. The molecule has 3 saturated heterocycles. The van der Waals surface area contributed by atoms with Crippen LogP contribution in [0, 0.1) is 0 Å².